The van der Waals surface area contributed by atoms with Crippen molar-refractivity contribution >= 4 is 86.9 Å². The summed E-state index contributed by atoms with van der Waals surface area (Å²) in [6, 6.07) is 25.9. The number of anilines is 9. The number of aromatic nitrogens is 4. The van der Waals surface area contributed by atoms with Gasteiger partial charge in [0.05, 0.1) is 25.6 Å². The Bertz CT molecular complexity index is 3060. The third kappa shape index (κ3) is 16.7. The third-order valence-electron chi connectivity index (χ3n) is 12.5. The summed E-state index contributed by atoms with van der Waals surface area (Å²) in [6.07, 6.45) is 8.17. The van der Waals surface area contributed by atoms with E-state index in [1.807, 2.05) is 68.4 Å². The van der Waals surface area contributed by atoms with E-state index in [0.29, 0.717) is 77.8 Å². The van der Waals surface area contributed by atoms with Crippen molar-refractivity contribution in [3.63, 3.8) is 0 Å². The van der Waals surface area contributed by atoms with Crippen molar-refractivity contribution < 1.29 is 37.4 Å². The number of methoxy groups -OCH3 is 2. The number of nitrogen functional groups attached to an aromatic ring is 1. The zero-order valence-corrected chi connectivity index (χ0v) is 44.1. The number of rotatable bonds is 18. The molecule has 2 unspecified atom stereocenters. The summed E-state index contributed by atoms with van der Waals surface area (Å²) in [5, 5.41) is 15.2. The lowest BCUT2D eigenvalue weighted by Crippen LogP contribution is -2.39. The predicted molar refractivity (Wildman–Crippen MR) is 298 cm³/mol. The van der Waals surface area contributed by atoms with Gasteiger partial charge in [0.1, 0.15) is 36.5 Å². The summed E-state index contributed by atoms with van der Waals surface area (Å²) in [5.41, 5.74) is 13.6. The first kappa shape index (κ1) is 57.6. The number of piperidine rings is 2. The van der Waals surface area contributed by atoms with E-state index in [2.05, 4.69) is 59.7 Å². The molecular weight excluding hydrogens is 1010 g/mol. The molecule has 2 fully saturated rings. The van der Waals surface area contributed by atoms with Crippen LogP contribution in [0.2, 0.25) is 5.28 Å². The van der Waals surface area contributed by atoms with Gasteiger partial charge in [-0.05, 0) is 134 Å². The topological polar surface area (TPSA) is 231 Å². The van der Waals surface area contributed by atoms with Crippen molar-refractivity contribution in [2.45, 2.75) is 51.4 Å². The Balaban J connectivity index is 0.000000207. The van der Waals surface area contributed by atoms with Gasteiger partial charge in [-0.1, -0.05) is 37.4 Å². The number of carbonyl (C=O) groups is 4. The summed E-state index contributed by atoms with van der Waals surface area (Å²) in [5.74, 6) is 2.49. The number of nitrogens with one attached hydrogen (secondary N) is 5. The first-order valence-corrected chi connectivity index (χ1v) is 25.0. The fraction of sp³-hybridized carbons (Fsp3) is 0.286. The van der Waals surface area contributed by atoms with Crippen molar-refractivity contribution in [3.8, 4) is 11.5 Å². The standard InChI is InChI=1S/C28H31FN6O3.C14H13ClN4O.C14H19FN2O2/c1-4-25(36)31-21-6-5-7-22(16-21)32-27-18(2)17-30-28(34-27)33-23-9-8-19(14-24(23)38-3)20-10-12-35(13-11-29)26(37)15-20;1-3-12(20)17-10-5-4-6-11(7-10)18-13-9(2)8-16-14(15)19-13;1-19-13-8-10(2-3-12(13)16)11-4-6-17(7-5-15)14(18)9-11/h4-9,14,16-17,20H,1,10-13,15H2,2-3H3,(H,31,36)(H2,30,32,33,34);3-8H,1H2,2H3,(H,17,20)(H,16,18,19);2-3,8,11H,4-7,9,16H2,1H3. The molecule has 8 rings (SSSR count). The van der Waals surface area contributed by atoms with Crippen LogP contribution in [0.4, 0.5) is 60.5 Å². The Labute approximate surface area is 451 Å². The highest BCUT2D eigenvalue weighted by atomic mass is 35.5. The number of hydrogen-bond acceptors (Lipinski definition) is 14. The van der Waals surface area contributed by atoms with Crippen LogP contribution >= 0.6 is 11.6 Å². The zero-order valence-electron chi connectivity index (χ0n) is 43.4. The smallest absolute Gasteiger partial charge is 0.247 e. The number of nitrogens with two attached hydrogens (primary N) is 1. The van der Waals surface area contributed by atoms with Crippen LogP contribution in [-0.2, 0) is 19.2 Å². The highest BCUT2D eigenvalue weighted by Crippen LogP contribution is 2.36. The number of hydrogen-bond donors (Lipinski definition) is 6. The minimum absolute atomic E-state index is 0.0182. The molecule has 2 aliphatic heterocycles. The number of aryl methyl sites for hydroxylation is 2. The number of benzene rings is 4. The molecule has 404 valence electrons. The van der Waals surface area contributed by atoms with Gasteiger partial charge >= 0.3 is 0 Å². The second-order valence-electron chi connectivity index (χ2n) is 17.8. The van der Waals surface area contributed by atoms with Gasteiger partial charge in [-0.15, -0.1) is 0 Å². The van der Waals surface area contributed by atoms with E-state index >= 15 is 0 Å². The maximum Gasteiger partial charge on any atom is 0.247 e. The SMILES string of the molecule is C=CC(=O)Nc1cccc(Nc2nc(Cl)ncc2C)c1.C=CC(=O)Nc1cccc(Nc2nc(Nc3ccc(C4CCN(CCF)C(=O)C4)cc3OC)ncc2C)c1.COc1cc(C2CCN(CCF)C(=O)C2)ccc1N. The van der Waals surface area contributed by atoms with E-state index in [4.69, 9.17) is 26.8 Å². The van der Waals surface area contributed by atoms with Crippen molar-refractivity contribution in [1.29, 1.82) is 0 Å². The molecular formula is C56H63ClF2N12O6. The average molecular weight is 1070 g/mol. The molecule has 4 aromatic carbocycles. The number of alkyl halides is 2. The molecule has 2 aromatic heterocycles. The second kappa shape index (κ2) is 28.3. The van der Waals surface area contributed by atoms with Crippen LogP contribution in [0.25, 0.3) is 0 Å². The maximum atomic E-state index is 12.7. The number of likely N-dealkylation sites (tertiary alicyclic amines) is 2. The van der Waals surface area contributed by atoms with Crippen LogP contribution in [0.5, 0.6) is 11.5 Å². The first-order valence-electron chi connectivity index (χ1n) is 24.6. The summed E-state index contributed by atoms with van der Waals surface area (Å²) in [6.45, 7) is 11.2. The molecule has 0 bridgehead atoms. The molecule has 2 atom stereocenters. The molecule has 0 aliphatic carbocycles. The van der Waals surface area contributed by atoms with Gasteiger partial charge in [0.15, 0.2) is 0 Å². The van der Waals surface area contributed by atoms with Crippen LogP contribution in [0.15, 0.2) is 123 Å². The molecule has 0 radical (unpaired) electrons. The number of ether oxygens (including phenoxy) is 2. The minimum atomic E-state index is -0.525. The van der Waals surface area contributed by atoms with Crippen molar-refractivity contribution in [3.05, 3.63) is 150 Å². The van der Waals surface area contributed by atoms with E-state index in [1.165, 1.54) is 12.2 Å². The summed E-state index contributed by atoms with van der Waals surface area (Å²) in [4.78, 5) is 67.3. The Morgan fingerprint density at radius 3 is 1.66 bits per heavy atom. The second-order valence-corrected chi connectivity index (χ2v) is 18.1. The van der Waals surface area contributed by atoms with Crippen LogP contribution < -0.4 is 41.8 Å². The van der Waals surface area contributed by atoms with Crippen LogP contribution in [0.1, 0.15) is 59.8 Å². The van der Waals surface area contributed by atoms with E-state index in [0.717, 1.165) is 46.5 Å². The molecule has 4 heterocycles. The summed E-state index contributed by atoms with van der Waals surface area (Å²) >= 11 is 5.77. The molecule has 6 aromatic rings. The molecule has 0 spiro atoms. The maximum absolute atomic E-state index is 12.7. The van der Waals surface area contributed by atoms with E-state index in [-0.39, 0.29) is 53.8 Å². The molecule has 18 nitrogen and oxygen atoms in total. The Hall–Kier alpha value is -8.65. The van der Waals surface area contributed by atoms with Gasteiger partial charge in [0.25, 0.3) is 0 Å². The lowest BCUT2D eigenvalue weighted by Gasteiger charge is -2.31. The number of carbonyl (C=O) groups excluding carboxylic acids is 4. The fourth-order valence-electron chi connectivity index (χ4n) is 8.36. The normalized spacial score (nSPS) is 14.8. The Morgan fingerprint density at radius 2 is 1.17 bits per heavy atom. The Morgan fingerprint density at radius 1 is 0.688 bits per heavy atom. The largest absolute Gasteiger partial charge is 0.495 e. The highest BCUT2D eigenvalue weighted by molar-refractivity contribution is 6.28. The Kier molecular flexibility index (Phi) is 21.2. The molecule has 77 heavy (non-hydrogen) atoms. The van der Waals surface area contributed by atoms with E-state index < -0.39 is 13.3 Å². The number of halogens is 3. The average Bonchev–Trinajstić information content (AvgIpc) is 3.43. The van der Waals surface area contributed by atoms with Crippen molar-refractivity contribution in [1.82, 2.24) is 29.7 Å². The molecule has 7 N–H and O–H groups in total. The molecule has 2 saturated heterocycles. The fourth-order valence-corrected chi connectivity index (χ4v) is 8.49. The quantitative estimate of drug-likeness (QED) is 0.0267. The van der Waals surface area contributed by atoms with Crippen LogP contribution in [0, 0.1) is 13.8 Å². The first-order chi connectivity index (χ1) is 37.1. The third-order valence-corrected chi connectivity index (χ3v) is 12.7. The van der Waals surface area contributed by atoms with Gasteiger partial charge in [0, 0.05) is 85.3 Å². The molecule has 0 saturated carbocycles. The van der Waals surface area contributed by atoms with E-state index in [1.54, 1.807) is 66.7 Å². The molecule has 4 amide bonds. The van der Waals surface area contributed by atoms with E-state index in [9.17, 15) is 28.0 Å². The van der Waals surface area contributed by atoms with Gasteiger partial charge in [-0.25, -0.2) is 23.7 Å². The van der Waals surface area contributed by atoms with Gasteiger partial charge < -0.3 is 51.6 Å². The van der Waals surface area contributed by atoms with Crippen molar-refractivity contribution in [2.75, 3.05) is 86.1 Å². The zero-order chi connectivity index (χ0) is 55.4. The van der Waals surface area contributed by atoms with Gasteiger partial charge in [-0.3, -0.25) is 19.2 Å². The summed E-state index contributed by atoms with van der Waals surface area (Å²) in [7, 11) is 3.16. The van der Waals surface area contributed by atoms with Crippen LogP contribution in [0.3, 0.4) is 0 Å². The molecule has 21 heteroatoms. The predicted octanol–water partition coefficient (Wildman–Crippen LogP) is 10.3. The monoisotopic (exact) mass is 1070 g/mol. The van der Waals surface area contributed by atoms with Gasteiger partial charge in [0.2, 0.25) is 34.9 Å². The van der Waals surface area contributed by atoms with Crippen LogP contribution in [-0.4, -0.2) is 107 Å². The minimum Gasteiger partial charge on any atom is -0.495 e. The lowest BCUT2D eigenvalue weighted by atomic mass is 9.88. The lowest BCUT2D eigenvalue weighted by molar-refractivity contribution is -0.134. The number of nitrogens with zero attached hydrogens (tertiary/aromatic N) is 6. The van der Waals surface area contributed by atoms with Gasteiger partial charge in [-0.2, -0.15) is 4.98 Å². The highest BCUT2D eigenvalue weighted by Gasteiger charge is 2.28. The number of amides is 4. The molecule has 2 aliphatic rings. The van der Waals surface area contributed by atoms with Crippen molar-refractivity contribution in [2.24, 2.45) is 0 Å². The summed E-state index contributed by atoms with van der Waals surface area (Å²) < 4.78 is 35.8.